The van der Waals surface area contributed by atoms with Crippen LogP contribution in [0.15, 0.2) is 28.7 Å². The van der Waals surface area contributed by atoms with E-state index in [9.17, 15) is 9.59 Å². The number of likely N-dealkylation sites (N-methyl/N-ethyl adjacent to an activating group) is 1. The van der Waals surface area contributed by atoms with Crippen molar-refractivity contribution in [2.75, 3.05) is 12.4 Å². The van der Waals surface area contributed by atoms with Crippen LogP contribution in [0.4, 0.5) is 5.69 Å². The van der Waals surface area contributed by atoms with Crippen LogP contribution in [0, 0.1) is 0 Å². The third-order valence-corrected chi connectivity index (χ3v) is 3.28. The normalized spacial score (nSPS) is 20.4. The van der Waals surface area contributed by atoms with Gasteiger partial charge in [0.25, 0.3) is 5.91 Å². The van der Waals surface area contributed by atoms with Crippen LogP contribution in [0.5, 0.6) is 0 Å². The van der Waals surface area contributed by atoms with Gasteiger partial charge in [-0.2, -0.15) is 0 Å². The second-order valence-electron chi connectivity index (χ2n) is 3.67. The van der Waals surface area contributed by atoms with Gasteiger partial charge >= 0.3 is 0 Å². The largest absolute Gasteiger partial charge is 0.372 e. The number of likely N-dealkylation sites (tertiary alicyclic amines) is 1. The Morgan fingerprint density at radius 2 is 2.06 bits per heavy atom. The SMILES string of the molecule is CN1C(=O)CC(Nc2ccccc2Br)C1=O. The molecule has 16 heavy (non-hydrogen) atoms. The Morgan fingerprint density at radius 1 is 1.38 bits per heavy atom. The highest BCUT2D eigenvalue weighted by atomic mass is 79.9. The van der Waals surface area contributed by atoms with Gasteiger partial charge in [-0.15, -0.1) is 0 Å². The summed E-state index contributed by atoms with van der Waals surface area (Å²) < 4.78 is 0.879. The van der Waals surface area contributed by atoms with Crippen molar-refractivity contribution in [1.29, 1.82) is 0 Å². The lowest BCUT2D eigenvalue weighted by Gasteiger charge is -2.13. The number of benzene rings is 1. The first-order chi connectivity index (χ1) is 7.59. The van der Waals surface area contributed by atoms with Crippen molar-refractivity contribution >= 4 is 33.4 Å². The molecule has 1 aromatic rings. The molecule has 0 radical (unpaired) electrons. The number of hydrogen-bond acceptors (Lipinski definition) is 3. The topological polar surface area (TPSA) is 49.4 Å². The summed E-state index contributed by atoms with van der Waals surface area (Å²) in [6.07, 6.45) is 0.219. The van der Waals surface area contributed by atoms with Crippen molar-refractivity contribution in [3.63, 3.8) is 0 Å². The molecule has 0 bridgehead atoms. The van der Waals surface area contributed by atoms with Gasteiger partial charge in [-0.05, 0) is 28.1 Å². The summed E-state index contributed by atoms with van der Waals surface area (Å²) in [5, 5.41) is 3.06. The van der Waals surface area contributed by atoms with E-state index in [0.717, 1.165) is 15.1 Å². The Balaban J connectivity index is 2.15. The first-order valence-electron chi connectivity index (χ1n) is 4.91. The zero-order valence-corrected chi connectivity index (χ0v) is 10.3. The van der Waals surface area contributed by atoms with Crippen LogP contribution in [0.3, 0.4) is 0 Å². The predicted molar refractivity (Wildman–Crippen MR) is 63.9 cm³/mol. The first kappa shape index (κ1) is 11.1. The van der Waals surface area contributed by atoms with E-state index in [1.54, 1.807) is 0 Å². The summed E-state index contributed by atoms with van der Waals surface area (Å²) in [6.45, 7) is 0. The number of nitrogens with zero attached hydrogens (tertiary/aromatic N) is 1. The monoisotopic (exact) mass is 282 g/mol. The van der Waals surface area contributed by atoms with Crippen LogP contribution in [0.2, 0.25) is 0 Å². The Kier molecular flexibility index (Phi) is 2.96. The molecule has 1 saturated heterocycles. The summed E-state index contributed by atoms with van der Waals surface area (Å²) >= 11 is 3.38. The van der Waals surface area contributed by atoms with E-state index in [1.807, 2.05) is 24.3 Å². The number of carbonyl (C=O) groups is 2. The Labute approximate surface area is 102 Å². The summed E-state index contributed by atoms with van der Waals surface area (Å²) in [6, 6.07) is 7.06. The van der Waals surface area contributed by atoms with Gasteiger partial charge in [0.1, 0.15) is 6.04 Å². The fourth-order valence-corrected chi connectivity index (χ4v) is 2.03. The van der Waals surface area contributed by atoms with E-state index in [4.69, 9.17) is 0 Å². The Hall–Kier alpha value is -1.36. The van der Waals surface area contributed by atoms with Crippen LogP contribution >= 0.6 is 15.9 Å². The minimum Gasteiger partial charge on any atom is -0.372 e. The molecule has 1 fully saturated rings. The molecule has 0 aromatic heterocycles. The van der Waals surface area contributed by atoms with Crippen molar-refractivity contribution in [1.82, 2.24) is 4.90 Å². The van der Waals surface area contributed by atoms with Crippen LogP contribution in [0.1, 0.15) is 6.42 Å². The molecule has 1 N–H and O–H groups in total. The fraction of sp³-hybridized carbons (Fsp3) is 0.273. The number of amides is 2. The number of nitrogens with one attached hydrogen (secondary N) is 1. The molecule has 0 spiro atoms. The van der Waals surface area contributed by atoms with E-state index in [2.05, 4.69) is 21.2 Å². The van der Waals surface area contributed by atoms with Crippen LogP contribution < -0.4 is 5.32 Å². The molecule has 84 valence electrons. The number of rotatable bonds is 2. The molecular weight excluding hydrogens is 272 g/mol. The maximum atomic E-state index is 11.7. The molecule has 1 aliphatic heterocycles. The third kappa shape index (κ3) is 1.95. The van der Waals surface area contributed by atoms with Gasteiger partial charge in [0.15, 0.2) is 0 Å². The highest BCUT2D eigenvalue weighted by Gasteiger charge is 2.35. The van der Waals surface area contributed by atoms with E-state index in [1.165, 1.54) is 7.05 Å². The van der Waals surface area contributed by atoms with Crippen molar-refractivity contribution < 1.29 is 9.59 Å². The van der Waals surface area contributed by atoms with Crippen molar-refractivity contribution in [3.05, 3.63) is 28.7 Å². The molecule has 5 heteroatoms. The second kappa shape index (κ2) is 4.25. The molecule has 0 saturated carbocycles. The summed E-state index contributed by atoms with van der Waals surface area (Å²) in [5.74, 6) is -0.324. The first-order valence-corrected chi connectivity index (χ1v) is 5.70. The molecule has 0 aliphatic carbocycles. The summed E-state index contributed by atoms with van der Waals surface area (Å²) in [4.78, 5) is 24.1. The highest BCUT2D eigenvalue weighted by molar-refractivity contribution is 9.10. The fourth-order valence-electron chi connectivity index (χ4n) is 1.63. The second-order valence-corrected chi connectivity index (χ2v) is 4.53. The molecule has 2 amide bonds. The zero-order valence-electron chi connectivity index (χ0n) is 8.74. The van der Waals surface area contributed by atoms with Gasteiger partial charge in [-0.1, -0.05) is 12.1 Å². The van der Waals surface area contributed by atoms with E-state index in [0.29, 0.717) is 0 Å². The minimum atomic E-state index is -0.448. The smallest absolute Gasteiger partial charge is 0.251 e. The van der Waals surface area contributed by atoms with Gasteiger partial charge in [0, 0.05) is 17.2 Å². The molecular formula is C11H11BrN2O2. The number of imide groups is 1. The van der Waals surface area contributed by atoms with Gasteiger partial charge < -0.3 is 5.32 Å². The zero-order chi connectivity index (χ0) is 11.7. The maximum Gasteiger partial charge on any atom is 0.251 e. The van der Waals surface area contributed by atoms with Crippen LogP contribution in [0.25, 0.3) is 0 Å². The number of carbonyl (C=O) groups excluding carboxylic acids is 2. The Morgan fingerprint density at radius 3 is 2.62 bits per heavy atom. The molecule has 2 rings (SSSR count). The summed E-state index contributed by atoms with van der Waals surface area (Å²) in [5.41, 5.74) is 0.823. The number of para-hydroxylation sites is 1. The highest BCUT2D eigenvalue weighted by Crippen LogP contribution is 2.24. The third-order valence-electron chi connectivity index (χ3n) is 2.59. The average Bonchev–Trinajstić information content (AvgIpc) is 2.50. The van der Waals surface area contributed by atoms with Crippen molar-refractivity contribution in [3.8, 4) is 0 Å². The number of halogens is 1. The Bertz CT molecular complexity index is 447. The van der Waals surface area contributed by atoms with Crippen LogP contribution in [-0.2, 0) is 9.59 Å². The van der Waals surface area contributed by atoms with Gasteiger partial charge in [0.05, 0.1) is 6.42 Å². The average molecular weight is 283 g/mol. The minimum absolute atomic E-state index is 0.144. The van der Waals surface area contributed by atoms with Gasteiger partial charge in [0.2, 0.25) is 5.91 Å². The quantitative estimate of drug-likeness (QED) is 0.839. The lowest BCUT2D eigenvalue weighted by molar-refractivity contribution is -0.136. The molecule has 4 nitrogen and oxygen atoms in total. The van der Waals surface area contributed by atoms with E-state index < -0.39 is 6.04 Å². The van der Waals surface area contributed by atoms with E-state index in [-0.39, 0.29) is 18.2 Å². The lowest BCUT2D eigenvalue weighted by atomic mass is 10.2. The van der Waals surface area contributed by atoms with Gasteiger partial charge in [-0.3, -0.25) is 14.5 Å². The lowest BCUT2D eigenvalue weighted by Crippen LogP contribution is -2.31. The van der Waals surface area contributed by atoms with Gasteiger partial charge in [-0.25, -0.2) is 0 Å². The molecule has 1 atom stereocenters. The molecule has 1 unspecified atom stereocenters. The standard InChI is InChI=1S/C11H11BrN2O2/c1-14-10(15)6-9(11(14)16)13-8-5-3-2-4-7(8)12/h2-5,9,13H,6H2,1H3. The summed E-state index contributed by atoms with van der Waals surface area (Å²) in [7, 11) is 1.51. The van der Waals surface area contributed by atoms with E-state index >= 15 is 0 Å². The molecule has 1 aliphatic rings. The molecule has 1 aromatic carbocycles. The van der Waals surface area contributed by atoms with Crippen molar-refractivity contribution in [2.45, 2.75) is 12.5 Å². The predicted octanol–water partition coefficient (Wildman–Crippen LogP) is 1.62. The number of anilines is 1. The number of hydrogen-bond donors (Lipinski definition) is 1. The van der Waals surface area contributed by atoms with Crippen molar-refractivity contribution in [2.24, 2.45) is 0 Å². The molecule has 1 heterocycles. The maximum absolute atomic E-state index is 11.7. The van der Waals surface area contributed by atoms with Crippen LogP contribution in [-0.4, -0.2) is 29.8 Å².